The van der Waals surface area contributed by atoms with Gasteiger partial charge in [-0.1, -0.05) is 0 Å². The molecule has 0 amide bonds. The molecule has 0 bridgehead atoms. The minimum absolute atomic E-state index is 0.295. The van der Waals surface area contributed by atoms with E-state index in [4.69, 9.17) is 0 Å². The summed E-state index contributed by atoms with van der Waals surface area (Å²) in [7, 11) is -5.71. The molecule has 0 aliphatic heterocycles. The summed E-state index contributed by atoms with van der Waals surface area (Å²) >= 11 is 0. The number of nitrogens with one attached hydrogen (secondary N) is 1. The molecule has 1 atom stereocenters. The molecule has 1 rings (SSSR count). The maximum absolute atomic E-state index is 13.1. The van der Waals surface area contributed by atoms with Crippen LogP contribution >= 0.6 is 0 Å². The fourth-order valence-electron chi connectivity index (χ4n) is 1.40. The third-order valence-corrected chi connectivity index (χ3v) is 4.57. The third-order valence-electron chi connectivity index (χ3n) is 3.04. The Hall–Kier alpha value is -1.35. The van der Waals surface area contributed by atoms with Crippen molar-refractivity contribution < 1.29 is 31.1 Å². The van der Waals surface area contributed by atoms with Crippen LogP contribution in [0.3, 0.4) is 0 Å². The van der Waals surface area contributed by atoms with Crippen molar-refractivity contribution in [2.45, 2.75) is 42.8 Å². The third kappa shape index (κ3) is 3.65. The zero-order valence-corrected chi connectivity index (χ0v) is 12.3. The van der Waals surface area contributed by atoms with Gasteiger partial charge < -0.3 is 10.4 Å². The van der Waals surface area contributed by atoms with E-state index in [1.54, 1.807) is 0 Å². The molecule has 0 aliphatic rings. The fraction of sp³-hybridized carbons (Fsp3) is 0.500. The molecule has 9 heteroatoms. The summed E-state index contributed by atoms with van der Waals surface area (Å²) in [6, 6.07) is 2.01. The van der Waals surface area contributed by atoms with Crippen LogP contribution in [0, 0.1) is 5.82 Å². The lowest BCUT2D eigenvalue weighted by Gasteiger charge is -2.31. The highest BCUT2D eigenvalue weighted by Crippen LogP contribution is 2.36. The van der Waals surface area contributed by atoms with Crippen molar-refractivity contribution in [3.63, 3.8) is 0 Å². The first-order valence-electron chi connectivity index (χ1n) is 5.86. The van der Waals surface area contributed by atoms with E-state index in [9.17, 15) is 31.1 Å². The van der Waals surface area contributed by atoms with Crippen LogP contribution in [0.2, 0.25) is 0 Å². The van der Waals surface area contributed by atoms with Crippen LogP contribution in [0.4, 0.5) is 23.2 Å². The predicted molar refractivity (Wildman–Crippen MR) is 69.0 cm³/mol. The topological polar surface area (TPSA) is 66.4 Å². The second-order valence-electron chi connectivity index (χ2n) is 5.11. The van der Waals surface area contributed by atoms with E-state index in [0.717, 1.165) is 12.1 Å². The largest absolute Gasteiger partial charge is 0.501 e. The van der Waals surface area contributed by atoms with Crippen LogP contribution < -0.4 is 5.32 Å². The monoisotopic (exact) mass is 329 g/mol. The van der Waals surface area contributed by atoms with E-state index in [0.29, 0.717) is 6.07 Å². The van der Waals surface area contributed by atoms with Gasteiger partial charge in [0, 0.05) is 0 Å². The summed E-state index contributed by atoms with van der Waals surface area (Å²) in [4.78, 5) is -1.22. The molecule has 21 heavy (non-hydrogen) atoms. The summed E-state index contributed by atoms with van der Waals surface area (Å²) in [5.74, 6) is -1.11. The Balaban J connectivity index is 3.45. The molecule has 0 aliphatic carbocycles. The Kier molecular flexibility index (Phi) is 4.59. The highest BCUT2D eigenvalue weighted by atomic mass is 32.2. The molecule has 1 aromatic carbocycles. The number of anilines is 1. The molecule has 2 N–H and O–H groups in total. The number of rotatable bonds is 4. The van der Waals surface area contributed by atoms with Gasteiger partial charge in [0.2, 0.25) is 0 Å². The number of sulfone groups is 1. The summed E-state index contributed by atoms with van der Waals surface area (Å²) in [5, 5.41) is 12.0. The molecule has 0 heterocycles. The van der Waals surface area contributed by atoms with Crippen molar-refractivity contribution in [3.8, 4) is 0 Å². The van der Waals surface area contributed by atoms with Crippen molar-refractivity contribution in [1.82, 2.24) is 0 Å². The number of aliphatic hydroxyl groups is 1. The molecule has 0 spiro atoms. The molecular formula is C12H15F4NO3S. The minimum Gasteiger partial charge on any atom is -0.391 e. The summed E-state index contributed by atoms with van der Waals surface area (Å²) < 4.78 is 74.0. The van der Waals surface area contributed by atoms with Gasteiger partial charge in [-0.2, -0.15) is 13.2 Å². The Labute approximate surface area is 119 Å². The fourth-order valence-corrected chi connectivity index (χ4v) is 2.32. The molecule has 1 unspecified atom stereocenters. The van der Waals surface area contributed by atoms with Crippen molar-refractivity contribution in [3.05, 3.63) is 24.0 Å². The summed E-state index contributed by atoms with van der Waals surface area (Å²) in [6.45, 7) is 4.31. The standard InChI is InChI=1S/C12H15F4NO3S/c1-7(18)11(2,3)17-9-5-4-8(13)6-10(9)21(19,20)12(14,15)16/h4-7,17-18H,1-3H3. The molecular weight excluding hydrogens is 314 g/mol. The van der Waals surface area contributed by atoms with Gasteiger partial charge >= 0.3 is 5.51 Å². The lowest BCUT2D eigenvalue weighted by Crippen LogP contribution is -2.42. The smallest absolute Gasteiger partial charge is 0.391 e. The van der Waals surface area contributed by atoms with Gasteiger partial charge in [-0.05, 0) is 39.0 Å². The van der Waals surface area contributed by atoms with E-state index in [-0.39, 0.29) is 0 Å². The lowest BCUT2D eigenvalue weighted by atomic mass is 9.98. The van der Waals surface area contributed by atoms with Crippen molar-refractivity contribution in [2.24, 2.45) is 0 Å². The molecule has 4 nitrogen and oxygen atoms in total. The van der Waals surface area contributed by atoms with Crippen LogP contribution in [0.15, 0.2) is 23.1 Å². The highest BCUT2D eigenvalue weighted by Gasteiger charge is 2.48. The number of benzene rings is 1. The van der Waals surface area contributed by atoms with Crippen molar-refractivity contribution >= 4 is 15.5 Å². The molecule has 0 saturated carbocycles. The minimum atomic E-state index is -5.71. The maximum Gasteiger partial charge on any atom is 0.501 e. The number of hydrogen-bond donors (Lipinski definition) is 2. The highest BCUT2D eigenvalue weighted by molar-refractivity contribution is 7.92. The number of aliphatic hydroxyl groups excluding tert-OH is 1. The predicted octanol–water partition coefficient (Wildman–Crippen LogP) is 2.69. The first-order chi connectivity index (χ1) is 9.29. The van der Waals surface area contributed by atoms with Crippen LogP contribution in [0.5, 0.6) is 0 Å². The number of alkyl halides is 3. The first-order valence-corrected chi connectivity index (χ1v) is 7.34. The van der Waals surface area contributed by atoms with Crippen LogP contribution in [-0.4, -0.2) is 30.7 Å². The average Bonchev–Trinajstić information content (AvgIpc) is 2.29. The van der Waals surface area contributed by atoms with E-state index in [1.165, 1.54) is 20.8 Å². The molecule has 120 valence electrons. The number of hydrogen-bond acceptors (Lipinski definition) is 4. The van der Waals surface area contributed by atoms with Gasteiger partial charge in [0.05, 0.1) is 17.3 Å². The second kappa shape index (κ2) is 5.45. The van der Waals surface area contributed by atoms with E-state index in [1.807, 2.05) is 0 Å². The van der Waals surface area contributed by atoms with Crippen molar-refractivity contribution in [1.29, 1.82) is 0 Å². The molecule has 0 saturated heterocycles. The molecule has 0 fully saturated rings. The van der Waals surface area contributed by atoms with Gasteiger partial charge in [0.25, 0.3) is 9.84 Å². The summed E-state index contributed by atoms with van der Waals surface area (Å²) in [5.41, 5.74) is -7.10. The Morgan fingerprint density at radius 2 is 1.76 bits per heavy atom. The number of halogens is 4. The average molecular weight is 329 g/mol. The van der Waals surface area contributed by atoms with Gasteiger partial charge in [0.15, 0.2) is 0 Å². The van der Waals surface area contributed by atoms with E-state index in [2.05, 4.69) is 5.32 Å². The summed E-state index contributed by atoms with van der Waals surface area (Å²) in [6.07, 6.45) is -0.996. The zero-order valence-electron chi connectivity index (χ0n) is 11.5. The molecule has 1 aromatic rings. The second-order valence-corrected chi connectivity index (χ2v) is 7.02. The lowest BCUT2D eigenvalue weighted by molar-refractivity contribution is -0.0435. The van der Waals surface area contributed by atoms with Gasteiger partial charge in [-0.3, -0.25) is 0 Å². The van der Waals surface area contributed by atoms with Crippen molar-refractivity contribution in [2.75, 3.05) is 5.32 Å². The normalized spacial score (nSPS) is 14.9. The SMILES string of the molecule is CC(O)C(C)(C)Nc1ccc(F)cc1S(=O)(=O)C(F)(F)F. The zero-order chi connectivity index (χ0) is 16.6. The van der Waals surface area contributed by atoms with Crippen LogP contribution in [-0.2, 0) is 9.84 Å². The van der Waals surface area contributed by atoms with E-state index < -0.39 is 43.4 Å². The molecule has 0 radical (unpaired) electrons. The van der Waals surface area contributed by atoms with Gasteiger partial charge in [-0.15, -0.1) is 0 Å². The van der Waals surface area contributed by atoms with Crippen LogP contribution in [0.1, 0.15) is 20.8 Å². The molecule has 0 aromatic heterocycles. The van der Waals surface area contributed by atoms with Gasteiger partial charge in [-0.25, -0.2) is 12.8 Å². The Morgan fingerprint density at radius 3 is 2.19 bits per heavy atom. The van der Waals surface area contributed by atoms with Gasteiger partial charge in [0.1, 0.15) is 10.7 Å². The van der Waals surface area contributed by atoms with E-state index >= 15 is 0 Å². The Morgan fingerprint density at radius 1 is 1.24 bits per heavy atom. The quantitative estimate of drug-likeness (QED) is 0.834. The van der Waals surface area contributed by atoms with Crippen LogP contribution in [0.25, 0.3) is 0 Å². The Bertz CT molecular complexity index is 624. The maximum atomic E-state index is 13.1. The first kappa shape index (κ1) is 17.7.